The molecule has 0 unspecified atom stereocenters. The number of rotatable bonds is 6. The first kappa shape index (κ1) is 23.3. The fourth-order valence-electron chi connectivity index (χ4n) is 2.56. The lowest BCUT2D eigenvalue weighted by atomic mass is 10.0. The first-order valence-corrected chi connectivity index (χ1v) is 8.46. The van der Waals surface area contributed by atoms with Crippen LogP contribution in [0.1, 0.15) is 37.7 Å². The zero-order chi connectivity index (χ0) is 22.7. The maximum absolute atomic E-state index is 13.9. The summed E-state index contributed by atoms with van der Waals surface area (Å²) in [6, 6.07) is 8.05. The van der Waals surface area contributed by atoms with Gasteiger partial charge in [-0.1, -0.05) is 30.3 Å². The van der Waals surface area contributed by atoms with Crippen molar-refractivity contribution < 1.29 is 41.0 Å². The van der Waals surface area contributed by atoms with Gasteiger partial charge in [-0.25, -0.2) is 14.6 Å². The highest BCUT2D eigenvalue weighted by molar-refractivity contribution is 6.22. The molecule has 0 aliphatic carbocycles. The smallest absolute Gasteiger partial charge is 0.434 e. The average Bonchev–Trinajstić information content (AvgIpc) is 2.69. The number of halogens is 6. The minimum Gasteiger partial charge on any atom is -0.465 e. The Kier molecular flexibility index (Phi) is 6.86. The first-order valence-electron chi connectivity index (χ1n) is 8.08. The van der Waals surface area contributed by atoms with Crippen molar-refractivity contribution in [1.82, 2.24) is 4.98 Å². The van der Waals surface area contributed by atoms with E-state index in [0.717, 1.165) is 14.2 Å². The van der Waals surface area contributed by atoms with Gasteiger partial charge in [-0.05, 0) is 17.2 Å². The number of nitrogens with zero attached hydrogens (tertiary/aromatic N) is 1. The minimum absolute atomic E-state index is 0.233. The Morgan fingerprint density at radius 2 is 1.47 bits per heavy atom. The first-order chi connectivity index (χ1) is 13.9. The standard InChI is InChI=1S/C18H14ClF5N2O4/c1-29-15(27)10-12(25-8-9-6-4-3-5-7-9)11(16(28)30-2)14(18(22,23)24)26-13(10)17(19,20)21/h3-7H,8H2,1-2H3,(H,25,26). The molecule has 162 valence electrons. The third-order valence-electron chi connectivity index (χ3n) is 3.83. The number of methoxy groups -OCH3 is 2. The molecule has 0 aliphatic heterocycles. The van der Waals surface area contributed by atoms with E-state index in [1.54, 1.807) is 30.3 Å². The summed E-state index contributed by atoms with van der Waals surface area (Å²) in [5, 5.41) is -2.06. The van der Waals surface area contributed by atoms with E-state index in [4.69, 9.17) is 11.6 Å². The molecule has 1 aromatic heterocycles. The fourth-order valence-corrected chi connectivity index (χ4v) is 2.70. The summed E-state index contributed by atoms with van der Waals surface area (Å²) in [5.74, 6) is -3.03. The normalized spacial score (nSPS) is 11.7. The summed E-state index contributed by atoms with van der Waals surface area (Å²) in [5.41, 5.74) is -6.48. The van der Waals surface area contributed by atoms with Crippen molar-refractivity contribution in [3.8, 4) is 0 Å². The molecule has 0 amide bonds. The van der Waals surface area contributed by atoms with Crippen molar-refractivity contribution in [3.63, 3.8) is 0 Å². The van der Waals surface area contributed by atoms with Crippen LogP contribution in [0.2, 0.25) is 0 Å². The van der Waals surface area contributed by atoms with E-state index >= 15 is 0 Å². The van der Waals surface area contributed by atoms with E-state index in [2.05, 4.69) is 19.8 Å². The van der Waals surface area contributed by atoms with E-state index in [1.165, 1.54) is 0 Å². The Labute approximate surface area is 171 Å². The molecule has 1 aromatic carbocycles. The molecular weight excluding hydrogens is 439 g/mol. The fraction of sp³-hybridized carbons (Fsp3) is 0.278. The zero-order valence-corrected chi connectivity index (χ0v) is 16.2. The number of carbonyl (C=O) groups excluding carboxylic acids is 2. The van der Waals surface area contributed by atoms with Gasteiger partial charge in [0.15, 0.2) is 5.69 Å². The van der Waals surface area contributed by atoms with Crippen LogP contribution in [0.4, 0.5) is 27.6 Å². The Morgan fingerprint density at radius 1 is 0.967 bits per heavy atom. The SMILES string of the molecule is COC(=O)c1c(C(F)(F)F)nc(C(F)(F)Cl)c(C(=O)OC)c1NCc1ccccc1. The molecule has 0 saturated heterocycles. The summed E-state index contributed by atoms with van der Waals surface area (Å²) < 4.78 is 77.3. The van der Waals surface area contributed by atoms with Crippen LogP contribution in [0.5, 0.6) is 0 Å². The van der Waals surface area contributed by atoms with Gasteiger partial charge in [0.2, 0.25) is 0 Å². The Hall–Kier alpha value is -2.95. The number of alkyl halides is 6. The maximum Gasteiger partial charge on any atom is 0.434 e. The minimum atomic E-state index is -5.35. The Balaban J connectivity index is 2.89. The van der Waals surface area contributed by atoms with Crippen LogP contribution >= 0.6 is 11.6 Å². The molecule has 0 fully saturated rings. The van der Waals surface area contributed by atoms with Gasteiger partial charge in [-0.2, -0.15) is 22.0 Å². The summed E-state index contributed by atoms with van der Waals surface area (Å²) in [6.45, 7) is -0.233. The van der Waals surface area contributed by atoms with Crippen LogP contribution in [-0.2, 0) is 27.6 Å². The molecule has 0 aliphatic rings. The lowest BCUT2D eigenvalue weighted by molar-refractivity contribution is -0.142. The number of hydrogen-bond acceptors (Lipinski definition) is 6. The predicted molar refractivity (Wildman–Crippen MR) is 95.4 cm³/mol. The summed E-state index contributed by atoms with van der Waals surface area (Å²) >= 11 is 4.93. The lowest BCUT2D eigenvalue weighted by Gasteiger charge is -2.22. The number of ether oxygens (including phenoxy) is 2. The molecule has 0 bridgehead atoms. The quantitative estimate of drug-likeness (QED) is 0.393. The van der Waals surface area contributed by atoms with E-state index in [9.17, 15) is 31.5 Å². The molecular formula is C18H14ClF5N2O4. The van der Waals surface area contributed by atoms with Gasteiger partial charge in [-0.3, -0.25) is 0 Å². The van der Waals surface area contributed by atoms with E-state index < -0.39 is 51.7 Å². The van der Waals surface area contributed by atoms with Gasteiger partial charge < -0.3 is 14.8 Å². The van der Waals surface area contributed by atoms with Gasteiger partial charge in [-0.15, -0.1) is 0 Å². The predicted octanol–water partition coefficient (Wildman–Crippen LogP) is 4.57. The van der Waals surface area contributed by atoms with Gasteiger partial charge in [0.25, 0.3) is 0 Å². The van der Waals surface area contributed by atoms with Crippen LogP contribution in [0, 0.1) is 0 Å². The number of pyridine rings is 1. The highest BCUT2D eigenvalue weighted by Gasteiger charge is 2.46. The summed E-state index contributed by atoms with van der Waals surface area (Å²) in [4.78, 5) is 27.2. The monoisotopic (exact) mass is 452 g/mol. The molecule has 0 radical (unpaired) electrons. The summed E-state index contributed by atoms with van der Waals surface area (Å²) in [7, 11) is 1.60. The zero-order valence-electron chi connectivity index (χ0n) is 15.4. The van der Waals surface area contributed by atoms with Gasteiger partial charge in [0.05, 0.1) is 19.9 Å². The van der Waals surface area contributed by atoms with Crippen molar-refractivity contribution in [2.75, 3.05) is 19.5 Å². The van der Waals surface area contributed by atoms with E-state index in [1.807, 2.05) is 0 Å². The number of hydrogen-bond donors (Lipinski definition) is 1. The topological polar surface area (TPSA) is 77.5 Å². The highest BCUT2D eigenvalue weighted by atomic mass is 35.5. The molecule has 2 aromatic rings. The number of benzene rings is 1. The largest absolute Gasteiger partial charge is 0.465 e. The van der Waals surface area contributed by atoms with Crippen LogP contribution < -0.4 is 5.32 Å². The second-order valence-corrected chi connectivity index (χ2v) is 6.23. The number of anilines is 1. The molecule has 1 N–H and O–H groups in total. The molecule has 0 saturated carbocycles. The Morgan fingerprint density at radius 3 is 1.90 bits per heavy atom. The van der Waals surface area contributed by atoms with Gasteiger partial charge in [0.1, 0.15) is 16.8 Å². The van der Waals surface area contributed by atoms with E-state index in [0.29, 0.717) is 5.56 Å². The molecule has 0 spiro atoms. The van der Waals surface area contributed by atoms with Crippen LogP contribution in [0.15, 0.2) is 30.3 Å². The number of aromatic nitrogens is 1. The molecule has 12 heteroatoms. The van der Waals surface area contributed by atoms with Gasteiger partial charge >= 0.3 is 23.5 Å². The molecule has 2 rings (SSSR count). The van der Waals surface area contributed by atoms with E-state index in [-0.39, 0.29) is 6.54 Å². The molecule has 1 heterocycles. The van der Waals surface area contributed by atoms with Crippen molar-refractivity contribution >= 4 is 29.2 Å². The second-order valence-electron chi connectivity index (χ2n) is 5.75. The number of nitrogens with one attached hydrogen (secondary N) is 1. The van der Waals surface area contributed by atoms with Crippen molar-refractivity contribution in [3.05, 3.63) is 58.4 Å². The summed E-state index contributed by atoms with van der Waals surface area (Å²) in [6.07, 6.45) is -5.35. The van der Waals surface area contributed by atoms with Crippen molar-refractivity contribution in [1.29, 1.82) is 0 Å². The van der Waals surface area contributed by atoms with Crippen LogP contribution in [-0.4, -0.2) is 31.1 Å². The molecule has 30 heavy (non-hydrogen) atoms. The van der Waals surface area contributed by atoms with Crippen LogP contribution in [0.3, 0.4) is 0 Å². The lowest BCUT2D eigenvalue weighted by Crippen LogP contribution is -2.27. The average molecular weight is 453 g/mol. The van der Waals surface area contributed by atoms with Crippen molar-refractivity contribution in [2.24, 2.45) is 0 Å². The maximum atomic E-state index is 13.9. The number of carbonyl (C=O) groups is 2. The third-order valence-corrected chi connectivity index (χ3v) is 4.00. The molecule has 6 nitrogen and oxygen atoms in total. The molecule has 0 atom stereocenters. The number of esters is 2. The third kappa shape index (κ3) is 4.96. The Bertz CT molecular complexity index is 894. The highest BCUT2D eigenvalue weighted by Crippen LogP contribution is 2.43. The van der Waals surface area contributed by atoms with Gasteiger partial charge in [0, 0.05) is 6.54 Å². The van der Waals surface area contributed by atoms with Crippen LogP contribution in [0.25, 0.3) is 0 Å². The van der Waals surface area contributed by atoms with Crippen molar-refractivity contribution in [2.45, 2.75) is 18.1 Å². The second kappa shape index (κ2) is 8.82.